The van der Waals surface area contributed by atoms with Gasteiger partial charge < -0.3 is 9.64 Å². The van der Waals surface area contributed by atoms with Crippen molar-refractivity contribution >= 4 is 28.8 Å². The normalized spacial score (nSPS) is 16.0. The summed E-state index contributed by atoms with van der Waals surface area (Å²) in [6, 6.07) is 27.3. The molecule has 0 bridgehead atoms. The number of nitrogens with zero attached hydrogens (tertiary/aromatic N) is 4. The smallest absolute Gasteiger partial charge is 0.273 e. The predicted molar refractivity (Wildman–Crippen MR) is 166 cm³/mol. The number of benzene rings is 3. The van der Waals surface area contributed by atoms with Crippen molar-refractivity contribution in [2.24, 2.45) is 0 Å². The van der Waals surface area contributed by atoms with Gasteiger partial charge in [0.15, 0.2) is 6.61 Å². The predicted octanol–water partition coefficient (Wildman–Crippen LogP) is 5.91. The number of carbonyl (C=O) groups excluding carboxylic acids is 2. The molecule has 2 aliphatic heterocycles. The van der Waals surface area contributed by atoms with Gasteiger partial charge in [-0.15, -0.1) is 11.3 Å². The van der Waals surface area contributed by atoms with Crippen molar-refractivity contribution in [3.63, 3.8) is 0 Å². The average Bonchev–Trinajstić information content (AvgIpc) is 3.48. The maximum atomic E-state index is 13.5. The van der Waals surface area contributed by atoms with Crippen molar-refractivity contribution in [2.75, 3.05) is 37.7 Å². The van der Waals surface area contributed by atoms with Crippen LogP contribution in [0.2, 0.25) is 0 Å². The second-order valence-electron chi connectivity index (χ2n) is 11.9. The van der Waals surface area contributed by atoms with Gasteiger partial charge in [0.2, 0.25) is 0 Å². The van der Waals surface area contributed by atoms with Gasteiger partial charge in [0.05, 0.1) is 18.3 Å². The molecule has 0 unspecified atom stereocenters. The Morgan fingerprint density at radius 3 is 2.19 bits per heavy atom. The molecule has 0 atom stereocenters. The van der Waals surface area contributed by atoms with E-state index in [1.807, 2.05) is 34.5 Å². The van der Waals surface area contributed by atoms with Crippen molar-refractivity contribution in [1.82, 2.24) is 14.8 Å². The standard InChI is InChI=1S/C34H36N4O3S/c1-34(2,3)26-14-15-29-28(20-26)38(31(39)22-41-29)21-30-35-27(23-42-30)33(40)37-18-16-36(17-19-37)32(24-10-6-4-7-11-24)25-12-8-5-9-13-25/h4-15,20,23,32H,16-19,21-22H2,1-3H3. The Morgan fingerprint density at radius 1 is 0.929 bits per heavy atom. The first-order valence-corrected chi connectivity index (χ1v) is 15.3. The van der Waals surface area contributed by atoms with E-state index in [2.05, 4.69) is 85.3 Å². The van der Waals surface area contributed by atoms with Crippen molar-refractivity contribution in [3.05, 3.63) is 112 Å². The number of fused-ring (bicyclic) bond motifs is 1. The van der Waals surface area contributed by atoms with Crippen molar-refractivity contribution < 1.29 is 14.3 Å². The summed E-state index contributed by atoms with van der Waals surface area (Å²) < 4.78 is 5.70. The number of hydrogen-bond donors (Lipinski definition) is 0. The van der Waals surface area contributed by atoms with Gasteiger partial charge in [-0.3, -0.25) is 19.4 Å². The molecule has 42 heavy (non-hydrogen) atoms. The summed E-state index contributed by atoms with van der Waals surface area (Å²) in [5.74, 6) is 0.522. The number of anilines is 1. The third kappa shape index (κ3) is 5.82. The minimum Gasteiger partial charge on any atom is -0.482 e. The van der Waals surface area contributed by atoms with E-state index in [0.717, 1.165) is 29.3 Å². The fraction of sp³-hybridized carbons (Fsp3) is 0.324. The highest BCUT2D eigenvalue weighted by Crippen LogP contribution is 2.37. The first-order chi connectivity index (χ1) is 20.3. The molecule has 1 saturated heterocycles. The fourth-order valence-corrected chi connectivity index (χ4v) is 6.44. The maximum absolute atomic E-state index is 13.5. The summed E-state index contributed by atoms with van der Waals surface area (Å²) in [7, 11) is 0. The van der Waals surface area contributed by atoms with Crippen LogP contribution in [0.3, 0.4) is 0 Å². The zero-order valence-corrected chi connectivity index (χ0v) is 25.1. The van der Waals surface area contributed by atoms with E-state index in [1.54, 1.807) is 4.90 Å². The summed E-state index contributed by atoms with van der Waals surface area (Å²) in [6.45, 7) is 9.55. The van der Waals surface area contributed by atoms with Crippen LogP contribution >= 0.6 is 11.3 Å². The van der Waals surface area contributed by atoms with E-state index in [1.165, 1.54) is 22.5 Å². The Labute approximate surface area is 251 Å². The van der Waals surface area contributed by atoms with Crippen molar-refractivity contribution in [1.29, 1.82) is 0 Å². The average molecular weight is 581 g/mol. The summed E-state index contributed by atoms with van der Waals surface area (Å²) >= 11 is 1.42. The Bertz CT molecular complexity index is 1520. The number of aromatic nitrogens is 1. The third-order valence-electron chi connectivity index (χ3n) is 8.03. The first kappa shape index (κ1) is 28.1. The zero-order valence-electron chi connectivity index (χ0n) is 24.3. The fourth-order valence-electron chi connectivity index (χ4n) is 5.69. The van der Waals surface area contributed by atoms with E-state index in [9.17, 15) is 9.59 Å². The molecule has 1 fully saturated rings. The van der Waals surface area contributed by atoms with Gasteiger partial charge in [-0.2, -0.15) is 0 Å². The van der Waals surface area contributed by atoms with Gasteiger partial charge in [-0.05, 0) is 34.2 Å². The summed E-state index contributed by atoms with van der Waals surface area (Å²) in [4.78, 5) is 37.2. The first-order valence-electron chi connectivity index (χ1n) is 14.4. The van der Waals surface area contributed by atoms with Gasteiger partial charge in [-0.1, -0.05) is 87.5 Å². The molecule has 3 aromatic carbocycles. The van der Waals surface area contributed by atoms with Crippen molar-refractivity contribution in [3.8, 4) is 5.75 Å². The van der Waals surface area contributed by atoms with Gasteiger partial charge >= 0.3 is 0 Å². The number of ether oxygens (including phenoxy) is 1. The van der Waals surface area contributed by atoms with E-state index in [4.69, 9.17) is 4.74 Å². The van der Waals surface area contributed by atoms with Crippen LogP contribution in [-0.4, -0.2) is 59.4 Å². The number of carbonyl (C=O) groups is 2. The van der Waals surface area contributed by atoms with E-state index in [-0.39, 0.29) is 29.9 Å². The lowest BCUT2D eigenvalue weighted by Gasteiger charge is -2.39. The molecule has 0 radical (unpaired) electrons. The van der Waals surface area contributed by atoms with Crippen LogP contribution in [0.25, 0.3) is 0 Å². The van der Waals surface area contributed by atoms with Gasteiger partial charge in [0, 0.05) is 31.6 Å². The molecule has 6 rings (SSSR count). The van der Waals surface area contributed by atoms with Crippen LogP contribution < -0.4 is 9.64 Å². The molecule has 0 N–H and O–H groups in total. The Balaban J connectivity index is 1.14. The highest BCUT2D eigenvalue weighted by atomic mass is 32.1. The highest BCUT2D eigenvalue weighted by molar-refractivity contribution is 7.09. The number of rotatable bonds is 6. The molecule has 3 heterocycles. The minimum absolute atomic E-state index is 0.00371. The number of thiazole rings is 1. The molecule has 1 aromatic heterocycles. The summed E-state index contributed by atoms with van der Waals surface area (Å²) in [6.07, 6.45) is 0. The lowest BCUT2D eigenvalue weighted by Crippen LogP contribution is -2.50. The minimum atomic E-state index is -0.112. The Hall–Kier alpha value is -4.01. The lowest BCUT2D eigenvalue weighted by molar-refractivity contribution is -0.121. The topological polar surface area (TPSA) is 66.0 Å². The Kier molecular flexibility index (Phi) is 7.84. The molecule has 0 saturated carbocycles. The van der Waals surface area contributed by atoms with Gasteiger partial charge in [-0.25, -0.2) is 4.98 Å². The van der Waals surface area contributed by atoms with E-state index < -0.39 is 0 Å². The number of amides is 2. The SMILES string of the molecule is CC(C)(C)c1ccc2c(c1)N(Cc1nc(C(=O)N3CCN(C(c4ccccc4)c4ccccc4)CC3)cs1)C(=O)CO2. The molecule has 2 amide bonds. The summed E-state index contributed by atoms with van der Waals surface area (Å²) in [5.41, 5.74) is 4.76. The maximum Gasteiger partial charge on any atom is 0.273 e. The van der Waals surface area contributed by atoms with Crippen LogP contribution in [0.1, 0.15) is 59.0 Å². The van der Waals surface area contributed by atoms with Gasteiger partial charge in [0.25, 0.3) is 11.8 Å². The van der Waals surface area contributed by atoms with E-state index in [0.29, 0.717) is 31.1 Å². The van der Waals surface area contributed by atoms with Crippen LogP contribution in [0, 0.1) is 0 Å². The quantitative estimate of drug-likeness (QED) is 0.284. The Morgan fingerprint density at radius 2 is 1.57 bits per heavy atom. The second kappa shape index (κ2) is 11.7. The molecule has 2 aliphatic rings. The monoisotopic (exact) mass is 580 g/mol. The third-order valence-corrected chi connectivity index (χ3v) is 8.86. The molecule has 8 heteroatoms. The van der Waals surface area contributed by atoms with E-state index >= 15 is 0 Å². The van der Waals surface area contributed by atoms with Crippen molar-refractivity contribution in [2.45, 2.75) is 38.8 Å². The van der Waals surface area contributed by atoms with Crippen LogP contribution in [0.15, 0.2) is 84.2 Å². The summed E-state index contributed by atoms with van der Waals surface area (Å²) in [5, 5.41) is 2.55. The van der Waals surface area contributed by atoms with Crippen LogP contribution in [-0.2, 0) is 16.8 Å². The molecular weight excluding hydrogens is 544 g/mol. The molecular formula is C34H36N4O3S. The second-order valence-corrected chi connectivity index (χ2v) is 12.8. The molecule has 0 spiro atoms. The largest absolute Gasteiger partial charge is 0.482 e. The molecule has 0 aliphatic carbocycles. The molecule has 7 nitrogen and oxygen atoms in total. The zero-order chi connectivity index (χ0) is 29.3. The highest BCUT2D eigenvalue weighted by Gasteiger charge is 2.31. The van der Waals surface area contributed by atoms with Crippen LogP contribution in [0.4, 0.5) is 5.69 Å². The number of piperazine rings is 1. The van der Waals surface area contributed by atoms with Gasteiger partial charge in [0.1, 0.15) is 16.5 Å². The lowest BCUT2D eigenvalue weighted by atomic mass is 9.86. The van der Waals surface area contributed by atoms with Crippen LogP contribution in [0.5, 0.6) is 5.75 Å². The number of hydrogen-bond acceptors (Lipinski definition) is 6. The molecule has 216 valence electrons. The molecule has 4 aromatic rings.